The van der Waals surface area contributed by atoms with E-state index in [0.717, 1.165) is 0 Å². The van der Waals surface area contributed by atoms with Crippen LogP contribution in [-0.2, 0) is 0 Å². The molecular formula is C9H14N2O3. The van der Waals surface area contributed by atoms with Crippen molar-refractivity contribution < 1.29 is 14.4 Å². The minimum atomic E-state index is -0.332. The zero-order valence-electron chi connectivity index (χ0n) is 8.28. The molecule has 0 fully saturated rings. The molecule has 0 radical (unpaired) electrons. The molecule has 2 N–H and O–H groups in total. The maximum atomic E-state index is 11.5. The number of aliphatic hydroxyl groups excluding tert-OH is 1. The van der Waals surface area contributed by atoms with Crippen molar-refractivity contribution in [1.29, 1.82) is 0 Å². The number of amides is 1. The van der Waals surface area contributed by atoms with Crippen LogP contribution in [0.3, 0.4) is 0 Å². The van der Waals surface area contributed by atoms with Gasteiger partial charge in [0.1, 0.15) is 0 Å². The van der Waals surface area contributed by atoms with E-state index in [9.17, 15) is 4.79 Å². The quantitative estimate of drug-likeness (QED) is 0.738. The third-order valence-corrected chi connectivity index (χ3v) is 2.00. The Morgan fingerprint density at radius 1 is 1.79 bits per heavy atom. The summed E-state index contributed by atoms with van der Waals surface area (Å²) < 4.78 is 4.77. The van der Waals surface area contributed by atoms with Crippen molar-refractivity contribution in [1.82, 2.24) is 10.5 Å². The summed E-state index contributed by atoms with van der Waals surface area (Å²) in [6.45, 7) is 3.55. The van der Waals surface area contributed by atoms with E-state index in [2.05, 4.69) is 10.5 Å². The molecule has 5 nitrogen and oxygen atoms in total. The Morgan fingerprint density at radius 2 is 2.50 bits per heavy atom. The van der Waals surface area contributed by atoms with Crippen LogP contribution < -0.4 is 5.32 Å². The van der Waals surface area contributed by atoms with Gasteiger partial charge >= 0.3 is 0 Å². The van der Waals surface area contributed by atoms with E-state index in [1.54, 1.807) is 6.92 Å². The molecule has 0 saturated heterocycles. The Labute approximate surface area is 82.1 Å². The van der Waals surface area contributed by atoms with Crippen molar-refractivity contribution in [3.8, 4) is 0 Å². The van der Waals surface area contributed by atoms with Gasteiger partial charge in [-0.15, -0.1) is 0 Å². The Balaban J connectivity index is 2.63. The average Bonchev–Trinajstić information content (AvgIpc) is 2.60. The number of carbonyl (C=O) groups excluding carboxylic acids is 1. The molecule has 1 aromatic rings. The van der Waals surface area contributed by atoms with Crippen molar-refractivity contribution >= 4 is 5.91 Å². The van der Waals surface area contributed by atoms with Crippen LogP contribution in [0.15, 0.2) is 10.7 Å². The van der Waals surface area contributed by atoms with Crippen LogP contribution in [0.25, 0.3) is 0 Å². The van der Waals surface area contributed by atoms with Gasteiger partial charge in [-0.05, 0) is 13.3 Å². The standard InChI is InChI=1S/C9H14N2O3/c1-3-7(5-12)11-9(13)8-6(2)4-10-14-8/h4,7,12H,3,5H2,1-2H3,(H,11,13)/t7-/m0/s1. The molecule has 1 amide bonds. The molecule has 0 saturated carbocycles. The molecule has 1 atom stereocenters. The minimum absolute atomic E-state index is 0.0740. The van der Waals surface area contributed by atoms with Gasteiger partial charge in [0, 0.05) is 5.56 Å². The van der Waals surface area contributed by atoms with Gasteiger partial charge in [0.25, 0.3) is 5.91 Å². The summed E-state index contributed by atoms with van der Waals surface area (Å²) in [7, 11) is 0. The van der Waals surface area contributed by atoms with Crippen LogP contribution in [0, 0.1) is 6.92 Å². The predicted molar refractivity (Wildman–Crippen MR) is 49.9 cm³/mol. The Morgan fingerprint density at radius 3 is 2.93 bits per heavy atom. The summed E-state index contributed by atoms with van der Waals surface area (Å²) in [4.78, 5) is 11.5. The van der Waals surface area contributed by atoms with Crippen molar-refractivity contribution in [2.75, 3.05) is 6.61 Å². The fourth-order valence-corrected chi connectivity index (χ4v) is 1.04. The van der Waals surface area contributed by atoms with Gasteiger partial charge in [0.2, 0.25) is 5.76 Å². The molecule has 0 spiro atoms. The summed E-state index contributed by atoms with van der Waals surface area (Å²) >= 11 is 0. The first kappa shape index (κ1) is 10.7. The number of rotatable bonds is 4. The van der Waals surface area contributed by atoms with E-state index in [0.29, 0.717) is 12.0 Å². The second-order valence-electron chi connectivity index (χ2n) is 3.10. The van der Waals surface area contributed by atoms with E-state index in [4.69, 9.17) is 9.63 Å². The largest absolute Gasteiger partial charge is 0.394 e. The number of hydrogen-bond acceptors (Lipinski definition) is 4. The maximum absolute atomic E-state index is 11.5. The molecule has 0 bridgehead atoms. The zero-order chi connectivity index (χ0) is 10.6. The average molecular weight is 198 g/mol. The lowest BCUT2D eigenvalue weighted by Gasteiger charge is -2.12. The van der Waals surface area contributed by atoms with Gasteiger partial charge < -0.3 is 14.9 Å². The molecule has 5 heteroatoms. The lowest BCUT2D eigenvalue weighted by molar-refractivity contribution is 0.0877. The molecule has 0 aliphatic carbocycles. The lowest BCUT2D eigenvalue weighted by atomic mass is 10.2. The van der Waals surface area contributed by atoms with Crippen LogP contribution in [0.5, 0.6) is 0 Å². The smallest absolute Gasteiger partial charge is 0.290 e. The molecular weight excluding hydrogens is 184 g/mol. The molecule has 1 heterocycles. The Bertz CT molecular complexity index is 305. The van der Waals surface area contributed by atoms with Crippen LogP contribution in [-0.4, -0.2) is 28.8 Å². The van der Waals surface area contributed by atoms with E-state index in [1.165, 1.54) is 6.20 Å². The second kappa shape index (κ2) is 4.76. The zero-order valence-corrected chi connectivity index (χ0v) is 8.28. The molecule has 0 aliphatic rings. The van der Waals surface area contributed by atoms with Crippen LogP contribution in [0.2, 0.25) is 0 Å². The number of aryl methyl sites for hydroxylation is 1. The fraction of sp³-hybridized carbons (Fsp3) is 0.556. The fourth-order valence-electron chi connectivity index (χ4n) is 1.04. The molecule has 1 rings (SSSR count). The number of carbonyl (C=O) groups is 1. The molecule has 1 aromatic heterocycles. The third kappa shape index (κ3) is 2.32. The lowest BCUT2D eigenvalue weighted by Crippen LogP contribution is -2.37. The molecule has 0 unspecified atom stereocenters. The van der Waals surface area contributed by atoms with Gasteiger partial charge in [-0.25, -0.2) is 0 Å². The maximum Gasteiger partial charge on any atom is 0.290 e. The van der Waals surface area contributed by atoms with Crippen LogP contribution in [0.4, 0.5) is 0 Å². The van der Waals surface area contributed by atoms with E-state index < -0.39 is 0 Å². The molecule has 78 valence electrons. The first-order chi connectivity index (χ1) is 6.69. The number of nitrogens with one attached hydrogen (secondary N) is 1. The van der Waals surface area contributed by atoms with E-state index >= 15 is 0 Å². The number of hydrogen-bond donors (Lipinski definition) is 2. The molecule has 0 aromatic carbocycles. The van der Waals surface area contributed by atoms with Gasteiger partial charge in [-0.3, -0.25) is 4.79 Å². The highest BCUT2D eigenvalue weighted by Crippen LogP contribution is 2.06. The predicted octanol–water partition coefficient (Wildman–Crippen LogP) is 0.484. The third-order valence-electron chi connectivity index (χ3n) is 2.00. The second-order valence-corrected chi connectivity index (χ2v) is 3.10. The Kier molecular flexibility index (Phi) is 3.64. The summed E-state index contributed by atoms with van der Waals surface area (Å²) in [5, 5.41) is 15.0. The van der Waals surface area contributed by atoms with Crippen molar-refractivity contribution in [2.45, 2.75) is 26.3 Å². The van der Waals surface area contributed by atoms with Crippen molar-refractivity contribution in [3.05, 3.63) is 17.5 Å². The highest BCUT2D eigenvalue weighted by atomic mass is 16.5. The first-order valence-corrected chi connectivity index (χ1v) is 4.52. The monoisotopic (exact) mass is 198 g/mol. The van der Waals surface area contributed by atoms with Gasteiger partial charge in [0.05, 0.1) is 18.8 Å². The highest BCUT2D eigenvalue weighted by Gasteiger charge is 2.16. The molecule has 14 heavy (non-hydrogen) atoms. The van der Waals surface area contributed by atoms with Gasteiger partial charge in [-0.1, -0.05) is 12.1 Å². The first-order valence-electron chi connectivity index (χ1n) is 4.52. The van der Waals surface area contributed by atoms with E-state index in [-0.39, 0.29) is 24.3 Å². The van der Waals surface area contributed by atoms with Gasteiger partial charge in [-0.2, -0.15) is 0 Å². The SMILES string of the molecule is CC[C@@H](CO)NC(=O)c1oncc1C. The Hall–Kier alpha value is -1.36. The van der Waals surface area contributed by atoms with Gasteiger partial charge in [0.15, 0.2) is 0 Å². The molecule has 0 aliphatic heterocycles. The topological polar surface area (TPSA) is 75.4 Å². The normalized spacial score (nSPS) is 12.5. The summed E-state index contributed by atoms with van der Waals surface area (Å²) in [5.74, 6) is -0.127. The minimum Gasteiger partial charge on any atom is -0.394 e. The summed E-state index contributed by atoms with van der Waals surface area (Å²) in [6, 6.07) is -0.230. The number of nitrogens with zero attached hydrogens (tertiary/aromatic N) is 1. The van der Waals surface area contributed by atoms with Crippen molar-refractivity contribution in [2.24, 2.45) is 0 Å². The highest BCUT2D eigenvalue weighted by molar-refractivity contribution is 5.92. The van der Waals surface area contributed by atoms with E-state index in [1.807, 2.05) is 6.92 Å². The summed E-state index contributed by atoms with van der Waals surface area (Å²) in [6.07, 6.45) is 2.16. The van der Waals surface area contributed by atoms with Crippen LogP contribution >= 0.6 is 0 Å². The van der Waals surface area contributed by atoms with Crippen molar-refractivity contribution in [3.63, 3.8) is 0 Å². The number of aromatic nitrogens is 1. The number of aliphatic hydroxyl groups is 1. The summed E-state index contributed by atoms with van der Waals surface area (Å²) in [5.41, 5.74) is 0.690. The van der Waals surface area contributed by atoms with Crippen LogP contribution in [0.1, 0.15) is 29.5 Å².